The van der Waals surface area contributed by atoms with Crippen LogP contribution >= 0.6 is 11.6 Å². The molecule has 0 saturated carbocycles. The van der Waals surface area contributed by atoms with Crippen molar-refractivity contribution in [3.05, 3.63) is 58.6 Å². The van der Waals surface area contributed by atoms with Crippen LogP contribution in [0.5, 0.6) is 5.75 Å². The van der Waals surface area contributed by atoms with Crippen LogP contribution < -0.4 is 10.1 Å². The number of ether oxygens (including phenoxy) is 1. The Bertz CT molecular complexity index is 600. The Morgan fingerprint density at radius 2 is 1.71 bits per heavy atom. The van der Waals surface area contributed by atoms with Gasteiger partial charge in [-0.1, -0.05) is 56.6 Å². The second kappa shape index (κ2) is 6.40. The fourth-order valence-electron chi connectivity index (χ4n) is 2.09. The molecule has 0 saturated heterocycles. The van der Waals surface area contributed by atoms with Gasteiger partial charge in [0.2, 0.25) is 0 Å². The van der Waals surface area contributed by atoms with Crippen LogP contribution in [0.25, 0.3) is 0 Å². The molecule has 0 radical (unpaired) electrons. The van der Waals surface area contributed by atoms with E-state index in [1.807, 2.05) is 18.2 Å². The standard InChI is InChI=1S/C18H22ClNO/c1-18(2,3)14-7-5-13(6-8-14)12-20-17-11-15(21-4)9-10-16(17)19/h5-11,20H,12H2,1-4H3. The summed E-state index contributed by atoms with van der Waals surface area (Å²) in [6, 6.07) is 14.3. The number of methoxy groups -OCH3 is 1. The Morgan fingerprint density at radius 1 is 1.05 bits per heavy atom. The number of hydrogen-bond donors (Lipinski definition) is 1. The molecule has 0 bridgehead atoms. The highest BCUT2D eigenvalue weighted by Gasteiger charge is 2.12. The van der Waals surface area contributed by atoms with Crippen LogP contribution in [0.2, 0.25) is 5.02 Å². The normalized spacial score (nSPS) is 11.3. The van der Waals surface area contributed by atoms with Crippen LogP contribution in [-0.2, 0) is 12.0 Å². The van der Waals surface area contributed by atoms with E-state index in [4.69, 9.17) is 16.3 Å². The summed E-state index contributed by atoms with van der Waals surface area (Å²) >= 11 is 6.19. The Balaban J connectivity index is 2.06. The predicted molar refractivity (Wildman–Crippen MR) is 90.5 cm³/mol. The van der Waals surface area contributed by atoms with Crippen LogP contribution in [0.3, 0.4) is 0 Å². The van der Waals surface area contributed by atoms with E-state index < -0.39 is 0 Å². The van der Waals surface area contributed by atoms with E-state index in [-0.39, 0.29) is 5.41 Å². The van der Waals surface area contributed by atoms with E-state index in [9.17, 15) is 0 Å². The van der Waals surface area contributed by atoms with Gasteiger partial charge < -0.3 is 10.1 Å². The number of benzene rings is 2. The highest BCUT2D eigenvalue weighted by atomic mass is 35.5. The summed E-state index contributed by atoms with van der Waals surface area (Å²) in [6.07, 6.45) is 0. The van der Waals surface area contributed by atoms with E-state index in [0.717, 1.165) is 18.0 Å². The van der Waals surface area contributed by atoms with Gasteiger partial charge >= 0.3 is 0 Å². The molecule has 2 aromatic carbocycles. The van der Waals surface area contributed by atoms with Gasteiger partial charge in [-0.2, -0.15) is 0 Å². The Kier molecular flexibility index (Phi) is 4.79. The molecule has 0 amide bonds. The van der Waals surface area contributed by atoms with Crippen molar-refractivity contribution in [2.45, 2.75) is 32.7 Å². The van der Waals surface area contributed by atoms with Gasteiger partial charge in [-0.3, -0.25) is 0 Å². The lowest BCUT2D eigenvalue weighted by atomic mass is 9.87. The van der Waals surface area contributed by atoms with Crippen LogP contribution in [0.1, 0.15) is 31.9 Å². The average molecular weight is 304 g/mol. The second-order valence-electron chi connectivity index (χ2n) is 6.15. The molecule has 21 heavy (non-hydrogen) atoms. The number of rotatable bonds is 4. The lowest BCUT2D eigenvalue weighted by Crippen LogP contribution is -2.11. The zero-order valence-corrected chi connectivity index (χ0v) is 13.8. The molecule has 0 aliphatic heterocycles. The predicted octanol–water partition coefficient (Wildman–Crippen LogP) is 5.26. The lowest BCUT2D eigenvalue weighted by molar-refractivity contribution is 0.415. The largest absolute Gasteiger partial charge is 0.497 e. The summed E-state index contributed by atoms with van der Waals surface area (Å²) in [5.41, 5.74) is 3.63. The smallest absolute Gasteiger partial charge is 0.121 e. The third kappa shape index (κ3) is 4.15. The van der Waals surface area contributed by atoms with Gasteiger partial charge in [0, 0.05) is 12.6 Å². The fourth-order valence-corrected chi connectivity index (χ4v) is 2.27. The minimum atomic E-state index is 0.183. The molecule has 0 heterocycles. The number of hydrogen-bond acceptors (Lipinski definition) is 2. The fraction of sp³-hybridized carbons (Fsp3) is 0.333. The molecule has 2 rings (SSSR count). The maximum absolute atomic E-state index is 6.19. The first kappa shape index (κ1) is 15.7. The first-order chi connectivity index (χ1) is 9.90. The summed E-state index contributed by atoms with van der Waals surface area (Å²) in [7, 11) is 1.65. The van der Waals surface area contributed by atoms with E-state index in [1.165, 1.54) is 11.1 Å². The lowest BCUT2D eigenvalue weighted by Gasteiger charge is -2.19. The molecule has 1 N–H and O–H groups in total. The van der Waals surface area contributed by atoms with Crippen LogP contribution in [0.4, 0.5) is 5.69 Å². The van der Waals surface area contributed by atoms with E-state index >= 15 is 0 Å². The first-order valence-corrected chi connectivity index (χ1v) is 7.45. The summed E-state index contributed by atoms with van der Waals surface area (Å²) in [5.74, 6) is 0.796. The van der Waals surface area contributed by atoms with Gasteiger partial charge in [0.25, 0.3) is 0 Å². The SMILES string of the molecule is COc1ccc(Cl)c(NCc2ccc(C(C)(C)C)cc2)c1. The molecule has 0 fully saturated rings. The summed E-state index contributed by atoms with van der Waals surface area (Å²) < 4.78 is 5.22. The molecular weight excluding hydrogens is 282 g/mol. The van der Waals surface area contributed by atoms with Crippen LogP contribution in [0.15, 0.2) is 42.5 Å². The van der Waals surface area contributed by atoms with Gasteiger partial charge in [0.15, 0.2) is 0 Å². The van der Waals surface area contributed by atoms with Crippen molar-refractivity contribution < 1.29 is 4.74 Å². The molecule has 0 aromatic heterocycles. The molecule has 0 aliphatic rings. The van der Waals surface area contributed by atoms with Gasteiger partial charge in [0.05, 0.1) is 17.8 Å². The van der Waals surface area contributed by atoms with E-state index in [1.54, 1.807) is 7.11 Å². The molecule has 0 aliphatic carbocycles. The van der Waals surface area contributed by atoms with E-state index in [0.29, 0.717) is 5.02 Å². The van der Waals surface area contributed by atoms with Crippen molar-refractivity contribution in [2.24, 2.45) is 0 Å². The van der Waals surface area contributed by atoms with Crippen LogP contribution in [0, 0.1) is 0 Å². The molecular formula is C18H22ClNO. The Labute approximate surface area is 132 Å². The molecule has 112 valence electrons. The summed E-state index contributed by atoms with van der Waals surface area (Å²) in [4.78, 5) is 0. The third-order valence-corrected chi connectivity index (χ3v) is 3.81. The van der Waals surface area contributed by atoms with Crippen molar-refractivity contribution in [1.29, 1.82) is 0 Å². The number of halogens is 1. The van der Waals surface area contributed by atoms with Crippen LogP contribution in [-0.4, -0.2) is 7.11 Å². The van der Waals surface area contributed by atoms with Gasteiger partial charge in [-0.25, -0.2) is 0 Å². The third-order valence-electron chi connectivity index (χ3n) is 3.48. The quantitative estimate of drug-likeness (QED) is 0.832. The van der Waals surface area contributed by atoms with Crippen molar-refractivity contribution in [1.82, 2.24) is 0 Å². The molecule has 2 aromatic rings. The minimum absolute atomic E-state index is 0.183. The molecule has 0 spiro atoms. The highest BCUT2D eigenvalue weighted by Crippen LogP contribution is 2.27. The van der Waals surface area contributed by atoms with Crippen molar-refractivity contribution in [2.75, 3.05) is 12.4 Å². The molecule has 3 heteroatoms. The zero-order valence-electron chi connectivity index (χ0n) is 13.0. The summed E-state index contributed by atoms with van der Waals surface area (Å²) in [6.45, 7) is 7.39. The zero-order chi connectivity index (χ0) is 15.5. The van der Waals surface area contributed by atoms with Crippen molar-refractivity contribution >= 4 is 17.3 Å². The van der Waals surface area contributed by atoms with Gasteiger partial charge in [-0.05, 0) is 28.7 Å². The Hall–Kier alpha value is -1.67. The summed E-state index contributed by atoms with van der Waals surface area (Å²) in [5, 5.41) is 4.05. The number of nitrogens with one attached hydrogen (secondary N) is 1. The molecule has 0 unspecified atom stereocenters. The highest BCUT2D eigenvalue weighted by molar-refractivity contribution is 6.33. The monoisotopic (exact) mass is 303 g/mol. The second-order valence-corrected chi connectivity index (χ2v) is 6.55. The maximum Gasteiger partial charge on any atom is 0.121 e. The molecule has 2 nitrogen and oxygen atoms in total. The topological polar surface area (TPSA) is 21.3 Å². The van der Waals surface area contributed by atoms with Crippen molar-refractivity contribution in [3.8, 4) is 5.75 Å². The Morgan fingerprint density at radius 3 is 2.29 bits per heavy atom. The minimum Gasteiger partial charge on any atom is -0.497 e. The van der Waals surface area contributed by atoms with Gasteiger partial charge in [0.1, 0.15) is 5.75 Å². The average Bonchev–Trinajstić information content (AvgIpc) is 2.46. The first-order valence-electron chi connectivity index (χ1n) is 7.07. The van der Waals surface area contributed by atoms with E-state index in [2.05, 4.69) is 50.4 Å². The molecule has 0 atom stereocenters. The van der Waals surface area contributed by atoms with Gasteiger partial charge in [-0.15, -0.1) is 0 Å². The van der Waals surface area contributed by atoms with Crippen molar-refractivity contribution in [3.63, 3.8) is 0 Å². The number of anilines is 1. The maximum atomic E-state index is 6.19.